The number of Topliss-reactive ketones (excluding diaryl/α,β-unsaturated/α-hetero) is 2. The van der Waals surface area contributed by atoms with E-state index >= 15 is 0 Å². The van der Waals surface area contributed by atoms with E-state index in [0.717, 1.165) is 28.3 Å². The average molecular weight is 686 g/mol. The number of aromatic nitrogens is 3. The molecule has 2 aromatic carbocycles. The Morgan fingerprint density at radius 1 is 1.02 bits per heavy atom. The molecule has 44 heavy (non-hydrogen) atoms. The number of halogens is 2. The molecule has 14 heteroatoms. The summed E-state index contributed by atoms with van der Waals surface area (Å²) in [5, 5.41) is 17.2. The second-order valence-electron chi connectivity index (χ2n) is 10.8. The van der Waals surface area contributed by atoms with Crippen LogP contribution in [0, 0.1) is 0 Å². The SMILES string of the molecule is CC[C@@]1(C)Cc2c(sc3c2C2NN=C(SCC(=O)c4ccc(Cl)cc4)N2c2nnc(SCC(=O)c4ccc(Cl)cc4)n2-3)CO1. The lowest BCUT2D eigenvalue weighted by Crippen LogP contribution is -2.40. The average Bonchev–Trinajstić information content (AvgIpc) is 3.74. The van der Waals surface area contributed by atoms with Crippen LogP contribution in [0.25, 0.3) is 5.00 Å². The maximum absolute atomic E-state index is 13.0. The highest BCUT2D eigenvalue weighted by Crippen LogP contribution is 2.50. The molecule has 226 valence electrons. The number of hydrogen-bond acceptors (Lipinski definition) is 11. The van der Waals surface area contributed by atoms with E-state index in [2.05, 4.69) is 34.6 Å². The summed E-state index contributed by atoms with van der Waals surface area (Å²) >= 11 is 16.4. The Kier molecular flexibility index (Phi) is 8.00. The molecule has 5 heterocycles. The Hall–Kier alpha value is -2.87. The molecule has 4 aromatic rings. The highest BCUT2D eigenvalue weighted by Gasteiger charge is 2.46. The molecule has 1 unspecified atom stereocenters. The molecular weight excluding hydrogens is 659 g/mol. The van der Waals surface area contributed by atoms with Crippen molar-refractivity contribution >= 4 is 80.7 Å². The Morgan fingerprint density at radius 2 is 1.66 bits per heavy atom. The molecule has 0 saturated heterocycles. The number of hydrogen-bond donors (Lipinski definition) is 1. The Bertz CT molecular complexity index is 1810. The fourth-order valence-electron chi connectivity index (χ4n) is 5.39. The molecule has 9 nitrogen and oxygen atoms in total. The summed E-state index contributed by atoms with van der Waals surface area (Å²) in [5.41, 5.74) is 6.57. The maximum Gasteiger partial charge on any atom is 0.241 e. The van der Waals surface area contributed by atoms with E-state index in [9.17, 15) is 9.59 Å². The van der Waals surface area contributed by atoms with Gasteiger partial charge in [0.15, 0.2) is 28.1 Å². The largest absolute Gasteiger partial charge is 0.369 e. The molecule has 0 aliphatic carbocycles. The van der Waals surface area contributed by atoms with Crippen LogP contribution in [0.4, 0.5) is 5.95 Å². The third kappa shape index (κ3) is 5.35. The van der Waals surface area contributed by atoms with Crippen LogP contribution in [-0.2, 0) is 17.8 Å². The Balaban J connectivity index is 1.21. The highest BCUT2D eigenvalue weighted by molar-refractivity contribution is 8.14. The minimum absolute atomic E-state index is 0.0299. The van der Waals surface area contributed by atoms with E-state index in [-0.39, 0.29) is 34.8 Å². The van der Waals surface area contributed by atoms with Crippen LogP contribution in [0.15, 0.2) is 58.8 Å². The van der Waals surface area contributed by atoms with Gasteiger partial charge < -0.3 is 4.74 Å². The topological polar surface area (TPSA) is 102 Å². The third-order valence-electron chi connectivity index (χ3n) is 8.01. The van der Waals surface area contributed by atoms with Gasteiger partial charge in [0.1, 0.15) is 5.00 Å². The normalized spacial score (nSPS) is 19.9. The number of nitrogens with one attached hydrogen (secondary N) is 1. The van der Waals surface area contributed by atoms with Crippen molar-refractivity contribution in [2.24, 2.45) is 5.10 Å². The molecule has 1 N–H and O–H groups in total. The predicted molar refractivity (Wildman–Crippen MR) is 177 cm³/mol. The van der Waals surface area contributed by atoms with E-state index in [1.165, 1.54) is 29.1 Å². The number of fused-ring (bicyclic) bond motifs is 8. The molecule has 0 spiro atoms. The fraction of sp³-hybridized carbons (Fsp3) is 0.300. The van der Waals surface area contributed by atoms with Crippen molar-refractivity contribution in [1.29, 1.82) is 0 Å². The number of amidine groups is 1. The second-order valence-corrected chi connectivity index (χ2v) is 14.7. The number of benzene rings is 2. The van der Waals surface area contributed by atoms with Crippen molar-refractivity contribution in [3.8, 4) is 5.00 Å². The van der Waals surface area contributed by atoms with Gasteiger partial charge in [-0.2, -0.15) is 5.10 Å². The monoisotopic (exact) mass is 684 g/mol. The first-order valence-electron chi connectivity index (χ1n) is 13.9. The van der Waals surface area contributed by atoms with Crippen molar-refractivity contribution in [3.05, 3.63) is 85.7 Å². The summed E-state index contributed by atoms with van der Waals surface area (Å²) in [6.07, 6.45) is 1.35. The van der Waals surface area contributed by atoms with Crippen LogP contribution in [0.1, 0.15) is 63.2 Å². The quantitative estimate of drug-likeness (QED) is 0.153. The summed E-state index contributed by atoms with van der Waals surface area (Å²) in [6, 6.07) is 13.8. The van der Waals surface area contributed by atoms with Gasteiger partial charge in [0.25, 0.3) is 0 Å². The van der Waals surface area contributed by atoms with Crippen LogP contribution >= 0.6 is 58.1 Å². The molecule has 0 radical (unpaired) electrons. The number of ketones is 2. The zero-order valence-electron chi connectivity index (χ0n) is 23.7. The zero-order valence-corrected chi connectivity index (χ0v) is 27.6. The minimum Gasteiger partial charge on any atom is -0.369 e. The zero-order chi connectivity index (χ0) is 30.6. The molecule has 7 rings (SSSR count). The van der Waals surface area contributed by atoms with Gasteiger partial charge in [0, 0.05) is 38.0 Å². The summed E-state index contributed by atoms with van der Waals surface area (Å²) in [7, 11) is 0. The smallest absolute Gasteiger partial charge is 0.241 e. The molecule has 3 aliphatic heterocycles. The van der Waals surface area contributed by atoms with Crippen molar-refractivity contribution in [1.82, 2.24) is 20.2 Å². The van der Waals surface area contributed by atoms with E-state index in [1.807, 2.05) is 9.47 Å². The predicted octanol–water partition coefficient (Wildman–Crippen LogP) is 7.16. The van der Waals surface area contributed by atoms with Gasteiger partial charge in [-0.15, -0.1) is 21.5 Å². The molecule has 0 saturated carbocycles. The van der Waals surface area contributed by atoms with Crippen molar-refractivity contribution in [2.75, 3.05) is 16.4 Å². The summed E-state index contributed by atoms with van der Waals surface area (Å²) < 4.78 is 8.32. The number of nitrogens with zero attached hydrogens (tertiary/aromatic N) is 5. The molecule has 0 bridgehead atoms. The van der Waals surface area contributed by atoms with E-state index < -0.39 is 0 Å². The molecule has 2 atom stereocenters. The maximum atomic E-state index is 13.0. The first-order chi connectivity index (χ1) is 21.2. The van der Waals surface area contributed by atoms with Crippen LogP contribution in [0.5, 0.6) is 0 Å². The summed E-state index contributed by atoms with van der Waals surface area (Å²) in [6.45, 7) is 4.82. The van der Waals surface area contributed by atoms with E-state index in [4.69, 9.17) is 27.9 Å². The van der Waals surface area contributed by atoms with Crippen LogP contribution in [-0.4, -0.2) is 48.6 Å². The number of thioether (sulfide) groups is 2. The number of thiophene rings is 1. The number of anilines is 1. The third-order valence-corrected chi connectivity index (χ3v) is 11.6. The van der Waals surface area contributed by atoms with Gasteiger partial charge in [-0.1, -0.05) is 53.6 Å². The first-order valence-corrected chi connectivity index (χ1v) is 17.5. The number of carbonyl (C=O) groups is 2. The lowest BCUT2D eigenvalue weighted by Gasteiger charge is -2.35. The minimum atomic E-state index is -0.303. The number of carbonyl (C=O) groups excluding carboxylic acids is 2. The molecule has 2 aromatic heterocycles. The Morgan fingerprint density at radius 3 is 2.30 bits per heavy atom. The van der Waals surface area contributed by atoms with Crippen molar-refractivity contribution in [3.63, 3.8) is 0 Å². The molecular formula is C30H26Cl2N6O3S3. The lowest BCUT2D eigenvalue weighted by atomic mass is 9.88. The molecule has 0 fully saturated rings. The van der Waals surface area contributed by atoms with Crippen molar-refractivity contribution < 1.29 is 14.3 Å². The number of ether oxygens (including phenoxy) is 1. The van der Waals surface area contributed by atoms with Gasteiger partial charge in [-0.25, -0.2) is 4.57 Å². The molecule has 3 aliphatic rings. The number of rotatable bonds is 8. The van der Waals surface area contributed by atoms with Crippen LogP contribution in [0.2, 0.25) is 10.0 Å². The van der Waals surface area contributed by atoms with Gasteiger partial charge in [0.05, 0.1) is 23.7 Å². The van der Waals surface area contributed by atoms with Gasteiger partial charge >= 0.3 is 0 Å². The second kappa shape index (κ2) is 11.8. The number of hydrazone groups is 1. The van der Waals surface area contributed by atoms with Crippen LogP contribution < -0.4 is 10.3 Å². The first kappa shape index (κ1) is 29.8. The van der Waals surface area contributed by atoms with Gasteiger partial charge in [-0.05, 0) is 67.4 Å². The fourth-order valence-corrected chi connectivity index (χ4v) is 8.65. The standard InChI is InChI=1S/C30H26Cl2N6O3S3/c1-3-30(2)12-20-23(13-41-30)44-26-24(20)25-33-35-28(42-14-21(39)16-4-8-18(31)9-5-16)37(25)27-34-36-29(38(26)27)43-15-22(40)17-6-10-19(32)11-7-17/h4-11,25,33H,3,12-15H2,1-2H3/t25?,30-/m0/s1. The van der Waals surface area contributed by atoms with Gasteiger partial charge in [0.2, 0.25) is 5.95 Å². The Labute approximate surface area is 276 Å². The lowest BCUT2D eigenvalue weighted by molar-refractivity contribution is -0.0549. The van der Waals surface area contributed by atoms with Gasteiger partial charge in [-0.3, -0.25) is 19.9 Å². The van der Waals surface area contributed by atoms with Crippen molar-refractivity contribution in [2.45, 2.75) is 50.2 Å². The highest BCUT2D eigenvalue weighted by atomic mass is 35.5. The summed E-state index contributed by atoms with van der Waals surface area (Å²) in [4.78, 5) is 29.2. The van der Waals surface area contributed by atoms with E-state index in [1.54, 1.807) is 59.9 Å². The summed E-state index contributed by atoms with van der Waals surface area (Å²) in [5.74, 6) is 0.892. The van der Waals surface area contributed by atoms with E-state index in [0.29, 0.717) is 44.1 Å². The van der Waals surface area contributed by atoms with Crippen LogP contribution in [0.3, 0.4) is 0 Å². The molecule has 0 amide bonds.